The molecule has 6 nitrogen and oxygen atoms in total. The highest BCUT2D eigenvalue weighted by Crippen LogP contribution is 2.30. The molecule has 0 aliphatic rings. The van der Waals surface area contributed by atoms with Crippen LogP contribution in [0.15, 0.2) is 12.1 Å². The van der Waals surface area contributed by atoms with Crippen molar-refractivity contribution in [1.82, 2.24) is 0 Å². The number of nitrogens with one attached hydrogen (secondary N) is 1. The van der Waals surface area contributed by atoms with E-state index in [4.69, 9.17) is 5.11 Å². The Morgan fingerprint density at radius 1 is 1.43 bits per heavy atom. The molecule has 1 rings (SSSR count). The van der Waals surface area contributed by atoms with Crippen molar-refractivity contribution in [3.8, 4) is 0 Å². The minimum atomic E-state index is -4.49. The predicted molar refractivity (Wildman–Crippen MR) is 59.5 cm³/mol. The van der Waals surface area contributed by atoms with Crippen molar-refractivity contribution in [2.45, 2.75) is 12.3 Å². The normalized spacial score (nSPS) is 11.5. The number of alkyl halides is 4. The maximum Gasteiger partial charge on any atom is 0.338 e. The summed E-state index contributed by atoms with van der Waals surface area (Å²) in [6.45, 7) is -1.68. The maximum atomic E-state index is 13.3. The second kappa shape index (κ2) is 5.89. The standard InChI is InChI=1S/C10H7F5N2O4/c11-5-2-6(16-3-10(14,15)9(12)13)7(17(20)21)1-4(5)8(18)19/h1-2,9,16H,3H2,(H,18,19). The number of nitrogens with zero attached hydrogens (tertiary/aromatic N) is 1. The molecule has 1 aromatic carbocycles. The lowest BCUT2D eigenvalue weighted by molar-refractivity contribution is -0.384. The summed E-state index contributed by atoms with van der Waals surface area (Å²) in [5.74, 6) is -7.73. The number of carbonyl (C=O) groups is 1. The Morgan fingerprint density at radius 2 is 2.00 bits per heavy atom. The van der Waals surface area contributed by atoms with Crippen LogP contribution < -0.4 is 5.32 Å². The Morgan fingerprint density at radius 3 is 2.43 bits per heavy atom. The van der Waals surface area contributed by atoms with E-state index in [1.807, 2.05) is 0 Å². The second-order valence-electron chi connectivity index (χ2n) is 3.83. The van der Waals surface area contributed by atoms with Crippen molar-refractivity contribution in [3.63, 3.8) is 0 Å². The lowest BCUT2D eigenvalue weighted by Gasteiger charge is -2.16. The van der Waals surface area contributed by atoms with E-state index >= 15 is 0 Å². The number of hydrogen-bond donors (Lipinski definition) is 2. The van der Waals surface area contributed by atoms with Gasteiger partial charge < -0.3 is 10.4 Å². The van der Waals surface area contributed by atoms with Crippen LogP contribution in [-0.2, 0) is 0 Å². The molecule has 0 saturated heterocycles. The maximum absolute atomic E-state index is 13.3. The molecule has 0 aromatic heterocycles. The molecule has 0 bridgehead atoms. The van der Waals surface area contributed by atoms with Gasteiger partial charge in [-0.2, -0.15) is 8.78 Å². The topological polar surface area (TPSA) is 92.5 Å². The Labute approximate surface area is 113 Å². The van der Waals surface area contributed by atoms with Gasteiger partial charge in [0.1, 0.15) is 17.1 Å². The van der Waals surface area contributed by atoms with Crippen LogP contribution in [0.4, 0.5) is 33.3 Å². The summed E-state index contributed by atoms with van der Waals surface area (Å²) < 4.78 is 62.6. The molecule has 1 aromatic rings. The summed E-state index contributed by atoms with van der Waals surface area (Å²) in [7, 11) is 0. The molecule has 11 heteroatoms. The van der Waals surface area contributed by atoms with E-state index in [0.717, 1.165) is 0 Å². The van der Waals surface area contributed by atoms with E-state index in [2.05, 4.69) is 0 Å². The first-order valence-corrected chi connectivity index (χ1v) is 5.17. The number of aromatic carboxylic acids is 1. The van der Waals surface area contributed by atoms with Crippen LogP contribution >= 0.6 is 0 Å². The summed E-state index contributed by atoms with van der Waals surface area (Å²) in [6.07, 6.45) is -4.02. The van der Waals surface area contributed by atoms with Crippen molar-refractivity contribution >= 4 is 17.3 Å². The highest BCUT2D eigenvalue weighted by Gasteiger charge is 2.40. The van der Waals surface area contributed by atoms with Gasteiger partial charge in [0.25, 0.3) is 5.69 Å². The molecule has 0 aliphatic heterocycles. The average molecular weight is 314 g/mol. The molecule has 0 atom stereocenters. The number of halogens is 5. The smallest absolute Gasteiger partial charge is 0.338 e. The molecule has 0 fully saturated rings. The van der Waals surface area contributed by atoms with Crippen LogP contribution in [0, 0.1) is 15.9 Å². The summed E-state index contributed by atoms with van der Waals surface area (Å²) in [5, 5.41) is 20.9. The third kappa shape index (κ3) is 3.77. The molecule has 0 amide bonds. The van der Waals surface area contributed by atoms with E-state index in [1.54, 1.807) is 5.32 Å². The second-order valence-corrected chi connectivity index (χ2v) is 3.83. The van der Waals surface area contributed by atoms with Crippen molar-refractivity contribution < 1.29 is 36.8 Å². The number of nitro groups is 1. The fraction of sp³-hybridized carbons (Fsp3) is 0.300. The third-order valence-electron chi connectivity index (χ3n) is 2.35. The summed E-state index contributed by atoms with van der Waals surface area (Å²) >= 11 is 0. The van der Waals surface area contributed by atoms with Crippen molar-refractivity contribution in [1.29, 1.82) is 0 Å². The molecule has 2 N–H and O–H groups in total. The summed E-state index contributed by atoms with van der Waals surface area (Å²) in [4.78, 5) is 20.1. The fourth-order valence-electron chi connectivity index (χ4n) is 1.31. The number of anilines is 1. The molecular formula is C10H7F5N2O4. The molecule has 0 radical (unpaired) electrons. The van der Waals surface area contributed by atoms with Crippen molar-refractivity contribution in [2.24, 2.45) is 0 Å². The van der Waals surface area contributed by atoms with Crippen molar-refractivity contribution in [2.75, 3.05) is 11.9 Å². The minimum Gasteiger partial charge on any atom is -0.478 e. The molecule has 116 valence electrons. The Hall–Kier alpha value is -2.46. The van der Waals surface area contributed by atoms with Crippen LogP contribution in [0.1, 0.15) is 10.4 Å². The lowest BCUT2D eigenvalue weighted by atomic mass is 10.1. The van der Waals surface area contributed by atoms with Gasteiger partial charge in [0.05, 0.1) is 11.5 Å². The summed E-state index contributed by atoms with van der Waals surface area (Å²) in [5.41, 5.74) is -2.91. The SMILES string of the molecule is O=C(O)c1cc([N+](=O)[O-])c(NCC(F)(F)C(F)F)cc1F. The first-order chi connectivity index (χ1) is 9.56. The summed E-state index contributed by atoms with van der Waals surface area (Å²) in [6, 6.07) is 0.587. The highest BCUT2D eigenvalue weighted by molar-refractivity contribution is 5.90. The lowest BCUT2D eigenvalue weighted by Crippen LogP contribution is -2.35. The van der Waals surface area contributed by atoms with E-state index in [-0.39, 0.29) is 6.07 Å². The minimum absolute atomic E-state index is 0.281. The average Bonchev–Trinajstić information content (AvgIpc) is 2.35. The highest BCUT2D eigenvalue weighted by atomic mass is 19.3. The monoisotopic (exact) mass is 314 g/mol. The largest absolute Gasteiger partial charge is 0.478 e. The fourth-order valence-corrected chi connectivity index (χ4v) is 1.31. The van der Waals surface area contributed by atoms with Crippen LogP contribution in [0.2, 0.25) is 0 Å². The number of carboxylic acids is 1. The van der Waals surface area contributed by atoms with Gasteiger partial charge in [-0.05, 0) is 0 Å². The first-order valence-electron chi connectivity index (χ1n) is 5.17. The number of nitro benzene ring substituents is 1. The Bertz CT molecular complexity index is 579. The molecule has 21 heavy (non-hydrogen) atoms. The predicted octanol–water partition coefficient (Wildman–Crippen LogP) is 2.74. The zero-order valence-electron chi connectivity index (χ0n) is 9.95. The first kappa shape index (κ1) is 16.6. The van der Waals surface area contributed by atoms with Gasteiger partial charge >= 0.3 is 18.3 Å². The van der Waals surface area contributed by atoms with Gasteiger partial charge in [0, 0.05) is 12.1 Å². The molecule has 0 saturated carbocycles. The molecular weight excluding hydrogens is 307 g/mol. The van der Waals surface area contributed by atoms with Crippen LogP contribution in [-0.4, -0.2) is 34.9 Å². The quantitative estimate of drug-likeness (QED) is 0.478. The number of hydrogen-bond acceptors (Lipinski definition) is 4. The van der Waals surface area contributed by atoms with E-state index in [0.29, 0.717) is 6.07 Å². The Balaban J connectivity index is 3.15. The van der Waals surface area contributed by atoms with E-state index in [1.165, 1.54) is 0 Å². The van der Waals surface area contributed by atoms with Crippen LogP contribution in [0.3, 0.4) is 0 Å². The van der Waals surface area contributed by atoms with Gasteiger partial charge in [0.2, 0.25) is 0 Å². The zero-order chi connectivity index (χ0) is 16.4. The van der Waals surface area contributed by atoms with Gasteiger partial charge in [-0.3, -0.25) is 10.1 Å². The molecule has 0 heterocycles. The van der Waals surface area contributed by atoms with E-state index in [9.17, 15) is 36.9 Å². The van der Waals surface area contributed by atoms with Gasteiger partial charge in [-0.15, -0.1) is 0 Å². The van der Waals surface area contributed by atoms with Crippen molar-refractivity contribution in [3.05, 3.63) is 33.6 Å². The van der Waals surface area contributed by atoms with Gasteiger partial charge in [-0.1, -0.05) is 0 Å². The number of rotatable bonds is 6. The Kier molecular flexibility index (Phi) is 4.66. The molecule has 0 aliphatic carbocycles. The zero-order valence-corrected chi connectivity index (χ0v) is 9.95. The van der Waals surface area contributed by atoms with Gasteiger partial charge in [-0.25, -0.2) is 18.0 Å². The van der Waals surface area contributed by atoms with E-state index < -0.39 is 52.5 Å². The molecule has 0 unspecified atom stereocenters. The van der Waals surface area contributed by atoms with Gasteiger partial charge in [0.15, 0.2) is 0 Å². The molecule has 0 spiro atoms. The number of benzene rings is 1. The number of carboxylic acid groups (broad SMARTS) is 1. The van der Waals surface area contributed by atoms with Crippen LogP contribution in [0.25, 0.3) is 0 Å². The van der Waals surface area contributed by atoms with Crippen LogP contribution in [0.5, 0.6) is 0 Å². The third-order valence-corrected chi connectivity index (χ3v) is 2.35.